The van der Waals surface area contributed by atoms with Crippen LogP contribution in [-0.2, 0) is 9.53 Å². The number of carbonyl (C=O) groups excluding carboxylic acids is 1. The molecule has 0 fully saturated rings. The van der Waals surface area contributed by atoms with Gasteiger partial charge in [-0.1, -0.05) is 13.3 Å². The first-order valence-corrected chi connectivity index (χ1v) is 4.61. The number of ether oxygens (including phenoxy) is 1. The van der Waals surface area contributed by atoms with E-state index in [4.69, 9.17) is 4.74 Å². The second kappa shape index (κ2) is 4.48. The fourth-order valence-electron chi connectivity index (χ4n) is 1.10. The van der Waals surface area contributed by atoms with Gasteiger partial charge in [0.1, 0.15) is 0 Å². The van der Waals surface area contributed by atoms with Crippen molar-refractivity contribution in [3.05, 3.63) is 0 Å². The van der Waals surface area contributed by atoms with Crippen molar-refractivity contribution in [1.29, 1.82) is 0 Å². The minimum atomic E-state index is -0.320. The van der Waals surface area contributed by atoms with E-state index >= 15 is 0 Å². The predicted molar refractivity (Wildman–Crippen MR) is 49.9 cm³/mol. The molecular formula is C10H20O2. The average molecular weight is 172 g/mol. The van der Waals surface area contributed by atoms with Crippen LogP contribution in [0.15, 0.2) is 0 Å². The molecule has 0 N–H and O–H groups in total. The van der Waals surface area contributed by atoms with Gasteiger partial charge in [-0.25, -0.2) is 0 Å². The zero-order chi connectivity index (χ0) is 9.78. The Hall–Kier alpha value is -0.530. The van der Waals surface area contributed by atoms with Crippen molar-refractivity contribution in [2.75, 3.05) is 0 Å². The van der Waals surface area contributed by atoms with Gasteiger partial charge in [-0.15, -0.1) is 0 Å². The van der Waals surface area contributed by atoms with Crippen LogP contribution in [0.2, 0.25) is 0 Å². The molecule has 0 radical (unpaired) electrons. The molecule has 0 atom stereocenters. The molecule has 2 heteroatoms. The molecule has 0 aliphatic rings. The number of carbonyl (C=O) groups is 1. The Kier molecular flexibility index (Phi) is 4.29. The standard InChI is InChI=1S/C10H20O2/c1-6-7-10(4,5)9(11)12-8(2)3/h8H,6-7H2,1-5H3. The summed E-state index contributed by atoms with van der Waals surface area (Å²) < 4.78 is 5.13. The van der Waals surface area contributed by atoms with E-state index in [2.05, 4.69) is 6.92 Å². The summed E-state index contributed by atoms with van der Waals surface area (Å²) in [6.07, 6.45) is 1.90. The number of hydrogen-bond donors (Lipinski definition) is 0. The Labute approximate surface area is 75.3 Å². The number of esters is 1. The van der Waals surface area contributed by atoms with E-state index in [1.165, 1.54) is 0 Å². The lowest BCUT2D eigenvalue weighted by molar-refractivity contribution is -0.158. The fraction of sp³-hybridized carbons (Fsp3) is 0.900. The molecule has 0 unspecified atom stereocenters. The summed E-state index contributed by atoms with van der Waals surface area (Å²) in [6.45, 7) is 9.69. The maximum atomic E-state index is 11.4. The van der Waals surface area contributed by atoms with Crippen LogP contribution in [0.5, 0.6) is 0 Å². The molecule has 0 aliphatic carbocycles. The van der Waals surface area contributed by atoms with Gasteiger partial charge in [0.15, 0.2) is 0 Å². The molecule has 0 rings (SSSR count). The largest absolute Gasteiger partial charge is 0.463 e. The third kappa shape index (κ3) is 3.74. The van der Waals surface area contributed by atoms with Crippen molar-refractivity contribution in [1.82, 2.24) is 0 Å². The highest BCUT2D eigenvalue weighted by atomic mass is 16.5. The summed E-state index contributed by atoms with van der Waals surface area (Å²) >= 11 is 0. The first-order chi connectivity index (χ1) is 5.40. The van der Waals surface area contributed by atoms with Crippen molar-refractivity contribution >= 4 is 5.97 Å². The monoisotopic (exact) mass is 172 g/mol. The summed E-state index contributed by atoms with van der Waals surface area (Å²) in [5.41, 5.74) is -0.320. The molecule has 0 spiro atoms. The summed E-state index contributed by atoms with van der Waals surface area (Å²) in [4.78, 5) is 11.4. The summed E-state index contributed by atoms with van der Waals surface area (Å²) in [5.74, 6) is -0.0839. The Morgan fingerprint density at radius 3 is 2.25 bits per heavy atom. The maximum absolute atomic E-state index is 11.4. The van der Waals surface area contributed by atoms with E-state index in [0.29, 0.717) is 0 Å². The van der Waals surface area contributed by atoms with Crippen molar-refractivity contribution in [2.24, 2.45) is 5.41 Å². The van der Waals surface area contributed by atoms with Gasteiger partial charge in [-0.3, -0.25) is 4.79 Å². The van der Waals surface area contributed by atoms with E-state index in [0.717, 1.165) is 12.8 Å². The molecule has 0 aromatic rings. The normalized spacial score (nSPS) is 11.8. The third-order valence-corrected chi connectivity index (χ3v) is 1.77. The van der Waals surface area contributed by atoms with Crippen LogP contribution in [0.3, 0.4) is 0 Å². The van der Waals surface area contributed by atoms with Crippen molar-refractivity contribution < 1.29 is 9.53 Å². The van der Waals surface area contributed by atoms with Gasteiger partial charge in [-0.05, 0) is 34.1 Å². The zero-order valence-electron chi connectivity index (χ0n) is 8.81. The fourth-order valence-corrected chi connectivity index (χ4v) is 1.10. The molecule has 0 bridgehead atoms. The number of hydrogen-bond acceptors (Lipinski definition) is 2. The molecule has 72 valence electrons. The van der Waals surface area contributed by atoms with Crippen LogP contribution >= 0.6 is 0 Å². The van der Waals surface area contributed by atoms with Crippen molar-refractivity contribution in [3.8, 4) is 0 Å². The highest BCUT2D eigenvalue weighted by Crippen LogP contribution is 2.24. The Bertz CT molecular complexity index is 148. The Balaban J connectivity index is 4.06. The van der Waals surface area contributed by atoms with Crippen LogP contribution in [0.1, 0.15) is 47.5 Å². The number of rotatable bonds is 4. The van der Waals surface area contributed by atoms with Gasteiger partial charge in [0.05, 0.1) is 11.5 Å². The molecule has 0 aromatic heterocycles. The minimum absolute atomic E-state index is 0.00590. The van der Waals surface area contributed by atoms with Gasteiger partial charge in [-0.2, -0.15) is 0 Å². The Morgan fingerprint density at radius 2 is 1.92 bits per heavy atom. The predicted octanol–water partition coefficient (Wildman–Crippen LogP) is 2.76. The van der Waals surface area contributed by atoms with Crippen LogP contribution in [0.4, 0.5) is 0 Å². The molecule has 12 heavy (non-hydrogen) atoms. The zero-order valence-corrected chi connectivity index (χ0v) is 8.81. The van der Waals surface area contributed by atoms with E-state index in [1.54, 1.807) is 0 Å². The SMILES string of the molecule is CCCC(C)(C)C(=O)OC(C)C. The van der Waals surface area contributed by atoms with Gasteiger partial charge in [0.25, 0.3) is 0 Å². The molecular weight excluding hydrogens is 152 g/mol. The maximum Gasteiger partial charge on any atom is 0.311 e. The summed E-state index contributed by atoms with van der Waals surface area (Å²) in [6, 6.07) is 0. The minimum Gasteiger partial charge on any atom is -0.463 e. The summed E-state index contributed by atoms with van der Waals surface area (Å²) in [7, 11) is 0. The van der Waals surface area contributed by atoms with Gasteiger partial charge in [0.2, 0.25) is 0 Å². The summed E-state index contributed by atoms with van der Waals surface area (Å²) in [5, 5.41) is 0. The third-order valence-electron chi connectivity index (χ3n) is 1.77. The highest BCUT2D eigenvalue weighted by molar-refractivity contribution is 5.75. The van der Waals surface area contributed by atoms with Crippen LogP contribution < -0.4 is 0 Å². The molecule has 0 aromatic carbocycles. The lowest BCUT2D eigenvalue weighted by Gasteiger charge is -2.23. The first-order valence-electron chi connectivity index (χ1n) is 4.61. The van der Waals surface area contributed by atoms with Gasteiger partial charge in [0, 0.05) is 0 Å². The average Bonchev–Trinajstić information content (AvgIpc) is 1.85. The van der Waals surface area contributed by atoms with Crippen LogP contribution in [0.25, 0.3) is 0 Å². The Morgan fingerprint density at radius 1 is 1.42 bits per heavy atom. The molecule has 0 saturated heterocycles. The van der Waals surface area contributed by atoms with Gasteiger partial charge >= 0.3 is 5.97 Å². The second-order valence-electron chi connectivity index (χ2n) is 4.09. The molecule has 2 nitrogen and oxygen atoms in total. The van der Waals surface area contributed by atoms with E-state index < -0.39 is 0 Å². The smallest absolute Gasteiger partial charge is 0.311 e. The highest BCUT2D eigenvalue weighted by Gasteiger charge is 2.28. The first kappa shape index (κ1) is 11.5. The van der Waals surface area contributed by atoms with Crippen molar-refractivity contribution in [2.45, 2.75) is 53.6 Å². The van der Waals surface area contributed by atoms with Crippen LogP contribution in [0, 0.1) is 5.41 Å². The van der Waals surface area contributed by atoms with E-state index in [1.807, 2.05) is 27.7 Å². The lowest BCUT2D eigenvalue weighted by Crippen LogP contribution is -2.28. The van der Waals surface area contributed by atoms with Crippen LogP contribution in [-0.4, -0.2) is 12.1 Å². The van der Waals surface area contributed by atoms with Crippen molar-refractivity contribution in [3.63, 3.8) is 0 Å². The molecule has 0 saturated carbocycles. The van der Waals surface area contributed by atoms with Gasteiger partial charge < -0.3 is 4.74 Å². The van der Waals surface area contributed by atoms with E-state index in [-0.39, 0.29) is 17.5 Å². The lowest BCUT2D eigenvalue weighted by atomic mass is 9.88. The quantitative estimate of drug-likeness (QED) is 0.609. The topological polar surface area (TPSA) is 26.3 Å². The molecule has 0 aliphatic heterocycles. The molecule has 0 amide bonds. The van der Waals surface area contributed by atoms with E-state index in [9.17, 15) is 4.79 Å². The second-order valence-corrected chi connectivity index (χ2v) is 4.09. The molecule has 0 heterocycles.